The predicted octanol–water partition coefficient (Wildman–Crippen LogP) is 3.89. The largest absolute Gasteiger partial charge is 0.416 e. The molecule has 0 atom stereocenters. The molecule has 0 aliphatic carbocycles. The summed E-state index contributed by atoms with van der Waals surface area (Å²) in [5.74, 6) is 0. The number of nitrogens with zero attached hydrogens (tertiary/aromatic N) is 1. The summed E-state index contributed by atoms with van der Waals surface area (Å²) >= 11 is 0. The van der Waals surface area contributed by atoms with E-state index in [1.165, 1.54) is 22.8 Å². The van der Waals surface area contributed by atoms with E-state index in [0.717, 1.165) is 17.7 Å². The molecular weight excluding hydrogens is 267 g/mol. The molecule has 0 spiro atoms. The third kappa shape index (κ3) is 2.99. The molecular formula is C15H12F3NO. The van der Waals surface area contributed by atoms with E-state index in [2.05, 4.69) is 0 Å². The lowest BCUT2D eigenvalue weighted by Gasteiger charge is -2.09. The molecule has 0 N–H and O–H groups in total. The first-order valence-corrected chi connectivity index (χ1v) is 5.95. The molecule has 1 aromatic heterocycles. The first kappa shape index (κ1) is 14.1. The Hall–Kier alpha value is -2.30. The van der Waals surface area contributed by atoms with Crippen LogP contribution >= 0.6 is 0 Å². The van der Waals surface area contributed by atoms with Crippen LogP contribution in [0.15, 0.2) is 53.5 Å². The highest BCUT2D eigenvalue weighted by atomic mass is 19.4. The van der Waals surface area contributed by atoms with Crippen LogP contribution in [0.1, 0.15) is 18.1 Å². The van der Waals surface area contributed by atoms with Gasteiger partial charge >= 0.3 is 6.18 Å². The molecule has 0 unspecified atom stereocenters. The predicted molar refractivity (Wildman–Crippen MR) is 71.7 cm³/mol. The van der Waals surface area contributed by atoms with Crippen molar-refractivity contribution in [3.63, 3.8) is 0 Å². The van der Waals surface area contributed by atoms with Gasteiger partial charge in [-0.1, -0.05) is 12.2 Å². The fourth-order valence-electron chi connectivity index (χ4n) is 1.81. The van der Waals surface area contributed by atoms with E-state index < -0.39 is 11.7 Å². The van der Waals surface area contributed by atoms with Gasteiger partial charge in [-0.05, 0) is 42.8 Å². The first-order valence-electron chi connectivity index (χ1n) is 5.95. The molecule has 2 nitrogen and oxygen atoms in total. The minimum Gasteiger partial charge on any atom is -0.284 e. The minimum atomic E-state index is -4.38. The molecule has 20 heavy (non-hydrogen) atoms. The number of alkyl halides is 3. The van der Waals surface area contributed by atoms with E-state index in [9.17, 15) is 18.0 Å². The number of aromatic nitrogens is 1. The van der Waals surface area contributed by atoms with Crippen molar-refractivity contribution >= 4 is 6.08 Å². The number of allylic oxidation sites excluding steroid dienone is 1. The zero-order valence-electron chi connectivity index (χ0n) is 10.7. The van der Waals surface area contributed by atoms with Crippen LogP contribution in [0.4, 0.5) is 13.2 Å². The van der Waals surface area contributed by atoms with Crippen molar-refractivity contribution < 1.29 is 13.2 Å². The van der Waals surface area contributed by atoms with Gasteiger partial charge in [-0.3, -0.25) is 9.36 Å². The van der Waals surface area contributed by atoms with Gasteiger partial charge in [0.2, 0.25) is 0 Å². The second-order valence-corrected chi connectivity index (χ2v) is 4.22. The molecule has 0 bridgehead atoms. The Morgan fingerprint density at radius 3 is 2.25 bits per heavy atom. The Morgan fingerprint density at radius 2 is 1.70 bits per heavy atom. The second kappa shape index (κ2) is 5.36. The Balaban J connectivity index is 2.46. The van der Waals surface area contributed by atoms with Crippen LogP contribution in [0.5, 0.6) is 0 Å². The van der Waals surface area contributed by atoms with E-state index in [4.69, 9.17) is 0 Å². The molecule has 0 radical (unpaired) electrons. The van der Waals surface area contributed by atoms with Crippen LogP contribution in [-0.2, 0) is 6.18 Å². The molecule has 1 heterocycles. The number of benzene rings is 1. The molecule has 2 rings (SSSR count). The standard InChI is InChI=1S/C15H12F3NO/c1-2-3-11-4-9-14(20)19(10-11)13-7-5-12(6-8-13)15(16,17)18/h2-10H,1H3/b3-2+. The Morgan fingerprint density at radius 1 is 1.05 bits per heavy atom. The van der Waals surface area contributed by atoms with E-state index in [1.807, 2.05) is 13.0 Å². The Labute approximate surface area is 113 Å². The van der Waals surface area contributed by atoms with Crippen molar-refractivity contribution in [3.8, 4) is 5.69 Å². The van der Waals surface area contributed by atoms with Crippen LogP contribution in [0.2, 0.25) is 0 Å². The molecule has 0 amide bonds. The highest BCUT2D eigenvalue weighted by Crippen LogP contribution is 2.29. The minimum absolute atomic E-state index is 0.294. The molecule has 1 aromatic carbocycles. The monoisotopic (exact) mass is 279 g/mol. The maximum absolute atomic E-state index is 12.5. The summed E-state index contributed by atoms with van der Waals surface area (Å²) in [6.07, 6.45) is 0.831. The molecule has 0 saturated carbocycles. The summed E-state index contributed by atoms with van der Waals surface area (Å²) in [4.78, 5) is 11.8. The molecule has 0 saturated heterocycles. The summed E-state index contributed by atoms with van der Waals surface area (Å²) in [6.45, 7) is 1.84. The number of pyridine rings is 1. The maximum Gasteiger partial charge on any atom is 0.416 e. The van der Waals surface area contributed by atoms with Gasteiger partial charge in [-0.2, -0.15) is 13.2 Å². The highest BCUT2D eigenvalue weighted by molar-refractivity contribution is 5.48. The summed E-state index contributed by atoms with van der Waals surface area (Å²) in [7, 11) is 0. The molecule has 0 aliphatic heterocycles. The van der Waals surface area contributed by atoms with Gasteiger partial charge in [0, 0.05) is 18.0 Å². The molecule has 0 aliphatic rings. The lowest BCUT2D eigenvalue weighted by atomic mass is 10.2. The van der Waals surface area contributed by atoms with Crippen LogP contribution < -0.4 is 5.56 Å². The number of hydrogen-bond donors (Lipinski definition) is 0. The fourth-order valence-corrected chi connectivity index (χ4v) is 1.81. The van der Waals surface area contributed by atoms with Crippen LogP contribution in [0.3, 0.4) is 0 Å². The number of hydrogen-bond acceptors (Lipinski definition) is 1. The van der Waals surface area contributed by atoms with E-state index >= 15 is 0 Å². The Kier molecular flexibility index (Phi) is 3.79. The van der Waals surface area contributed by atoms with E-state index in [1.54, 1.807) is 18.3 Å². The van der Waals surface area contributed by atoms with Gasteiger partial charge in [-0.15, -0.1) is 0 Å². The fraction of sp³-hybridized carbons (Fsp3) is 0.133. The number of rotatable bonds is 2. The summed E-state index contributed by atoms with van der Waals surface area (Å²) in [5.41, 5.74) is 0.165. The lowest BCUT2D eigenvalue weighted by molar-refractivity contribution is -0.137. The topological polar surface area (TPSA) is 22.0 Å². The maximum atomic E-state index is 12.5. The average Bonchev–Trinajstić information content (AvgIpc) is 2.40. The van der Waals surface area contributed by atoms with Crippen molar-refractivity contribution in [1.82, 2.24) is 4.57 Å². The van der Waals surface area contributed by atoms with Gasteiger partial charge < -0.3 is 0 Å². The normalized spacial score (nSPS) is 12.0. The average molecular weight is 279 g/mol. The van der Waals surface area contributed by atoms with E-state index in [-0.39, 0.29) is 5.56 Å². The molecule has 0 fully saturated rings. The van der Waals surface area contributed by atoms with Gasteiger partial charge in [0.15, 0.2) is 0 Å². The third-order valence-corrected chi connectivity index (χ3v) is 2.77. The van der Waals surface area contributed by atoms with Crippen molar-refractivity contribution in [2.45, 2.75) is 13.1 Å². The van der Waals surface area contributed by atoms with Gasteiger partial charge in [0.25, 0.3) is 5.56 Å². The van der Waals surface area contributed by atoms with Crippen LogP contribution in [0.25, 0.3) is 11.8 Å². The SMILES string of the molecule is C/C=C/c1ccc(=O)n(-c2ccc(C(F)(F)F)cc2)c1. The third-order valence-electron chi connectivity index (χ3n) is 2.77. The van der Waals surface area contributed by atoms with Crippen molar-refractivity contribution in [3.05, 3.63) is 70.2 Å². The van der Waals surface area contributed by atoms with Crippen molar-refractivity contribution in [2.24, 2.45) is 0 Å². The van der Waals surface area contributed by atoms with Crippen molar-refractivity contribution in [1.29, 1.82) is 0 Å². The lowest BCUT2D eigenvalue weighted by Crippen LogP contribution is -2.16. The summed E-state index contributed by atoms with van der Waals surface area (Å²) < 4.78 is 38.8. The first-order chi connectivity index (χ1) is 9.41. The van der Waals surface area contributed by atoms with Gasteiger partial charge in [0.05, 0.1) is 5.56 Å². The van der Waals surface area contributed by atoms with Gasteiger partial charge in [0.1, 0.15) is 0 Å². The Bertz CT molecular complexity index is 682. The van der Waals surface area contributed by atoms with Crippen LogP contribution in [0, 0.1) is 0 Å². The highest BCUT2D eigenvalue weighted by Gasteiger charge is 2.29. The van der Waals surface area contributed by atoms with E-state index in [0.29, 0.717) is 5.69 Å². The second-order valence-electron chi connectivity index (χ2n) is 4.22. The van der Waals surface area contributed by atoms with Crippen molar-refractivity contribution in [2.75, 3.05) is 0 Å². The summed E-state index contributed by atoms with van der Waals surface area (Å²) in [5, 5.41) is 0. The molecule has 2 aromatic rings. The summed E-state index contributed by atoms with van der Waals surface area (Å²) in [6, 6.07) is 7.53. The smallest absolute Gasteiger partial charge is 0.284 e. The van der Waals surface area contributed by atoms with Crippen LogP contribution in [-0.4, -0.2) is 4.57 Å². The van der Waals surface area contributed by atoms with Gasteiger partial charge in [-0.25, -0.2) is 0 Å². The molecule has 104 valence electrons. The quantitative estimate of drug-likeness (QED) is 0.817. The molecule has 5 heteroatoms. The zero-order valence-corrected chi connectivity index (χ0v) is 10.7. The zero-order chi connectivity index (χ0) is 14.8. The number of halogens is 3.